The number of pyridine rings is 1. The molecule has 2 heterocycles. The van der Waals surface area contributed by atoms with Gasteiger partial charge in [0.1, 0.15) is 5.82 Å². The molecule has 7 nitrogen and oxygen atoms in total. The van der Waals surface area contributed by atoms with E-state index in [1.165, 1.54) is 36.4 Å². The predicted molar refractivity (Wildman–Crippen MR) is 131 cm³/mol. The zero-order valence-electron chi connectivity index (χ0n) is 19.1. The summed E-state index contributed by atoms with van der Waals surface area (Å²) >= 11 is 0. The van der Waals surface area contributed by atoms with E-state index in [1.807, 2.05) is 6.07 Å². The van der Waals surface area contributed by atoms with E-state index in [9.17, 15) is 22.8 Å². The Balaban J connectivity index is 1.35. The average Bonchev–Trinajstić information content (AvgIpc) is 2.88. The van der Waals surface area contributed by atoms with Crippen LogP contribution < -0.4 is 15.5 Å². The van der Waals surface area contributed by atoms with E-state index >= 15 is 0 Å². The third-order valence-corrected chi connectivity index (χ3v) is 5.37. The summed E-state index contributed by atoms with van der Waals surface area (Å²) in [6, 6.07) is 14.4. The Morgan fingerprint density at radius 3 is 2.44 bits per heavy atom. The van der Waals surface area contributed by atoms with Crippen LogP contribution in [0.2, 0.25) is 0 Å². The fourth-order valence-corrected chi connectivity index (χ4v) is 3.56. The van der Waals surface area contributed by atoms with E-state index in [4.69, 9.17) is 4.74 Å². The number of nitrogens with zero attached hydrogens (tertiary/aromatic N) is 2. The van der Waals surface area contributed by atoms with E-state index in [2.05, 4.69) is 20.5 Å². The third kappa shape index (κ3) is 6.70. The highest BCUT2D eigenvalue weighted by atomic mass is 19.4. The van der Waals surface area contributed by atoms with Crippen LogP contribution in [0.3, 0.4) is 0 Å². The number of rotatable bonds is 6. The number of carbonyl (C=O) groups excluding carboxylic acids is 2. The van der Waals surface area contributed by atoms with Gasteiger partial charge in [0.05, 0.1) is 30.7 Å². The summed E-state index contributed by atoms with van der Waals surface area (Å²) in [6.45, 7) is 2.83. The number of hydrogen-bond donors (Lipinski definition) is 2. The van der Waals surface area contributed by atoms with Gasteiger partial charge in [-0.2, -0.15) is 13.2 Å². The predicted octanol–water partition coefficient (Wildman–Crippen LogP) is 4.84. The summed E-state index contributed by atoms with van der Waals surface area (Å²) in [4.78, 5) is 31.3. The average molecular weight is 496 g/mol. The van der Waals surface area contributed by atoms with E-state index < -0.39 is 17.6 Å². The lowest BCUT2D eigenvalue weighted by atomic mass is 10.1. The van der Waals surface area contributed by atoms with Crippen LogP contribution >= 0.6 is 0 Å². The molecule has 1 aliphatic heterocycles. The molecule has 3 aromatic rings. The first-order valence-corrected chi connectivity index (χ1v) is 11.1. The minimum absolute atomic E-state index is 0.0309. The van der Waals surface area contributed by atoms with Crippen LogP contribution in [0.25, 0.3) is 6.08 Å². The molecule has 0 unspecified atom stereocenters. The number of benzene rings is 2. The molecule has 1 saturated heterocycles. The van der Waals surface area contributed by atoms with Gasteiger partial charge in [0.15, 0.2) is 0 Å². The number of alkyl halides is 3. The Morgan fingerprint density at radius 2 is 1.72 bits per heavy atom. The van der Waals surface area contributed by atoms with Crippen LogP contribution in [0.4, 0.5) is 30.4 Å². The maximum absolute atomic E-state index is 12.9. The highest BCUT2D eigenvalue weighted by Crippen LogP contribution is 2.30. The molecule has 186 valence electrons. The molecule has 4 rings (SSSR count). The zero-order valence-corrected chi connectivity index (χ0v) is 19.1. The molecule has 1 aliphatic rings. The van der Waals surface area contributed by atoms with Gasteiger partial charge >= 0.3 is 6.18 Å². The second-order valence-electron chi connectivity index (χ2n) is 7.99. The minimum Gasteiger partial charge on any atom is -0.378 e. The monoisotopic (exact) mass is 496 g/mol. The maximum atomic E-state index is 12.9. The molecule has 0 saturated carbocycles. The molecule has 0 aliphatic carbocycles. The molecule has 1 fully saturated rings. The van der Waals surface area contributed by atoms with Crippen molar-refractivity contribution in [2.24, 2.45) is 0 Å². The molecule has 0 spiro atoms. The third-order valence-electron chi connectivity index (χ3n) is 5.37. The highest BCUT2D eigenvalue weighted by molar-refractivity contribution is 6.05. The number of ether oxygens (including phenoxy) is 1. The molecular formula is C26H23F3N4O3. The number of aromatic nitrogens is 1. The quantitative estimate of drug-likeness (QED) is 0.477. The van der Waals surface area contributed by atoms with Gasteiger partial charge in [0, 0.05) is 30.4 Å². The van der Waals surface area contributed by atoms with Crippen molar-refractivity contribution in [1.29, 1.82) is 0 Å². The molecule has 0 atom stereocenters. The van der Waals surface area contributed by atoms with Crippen LogP contribution in [0.5, 0.6) is 0 Å². The summed E-state index contributed by atoms with van der Waals surface area (Å²) in [7, 11) is 0. The zero-order chi connectivity index (χ0) is 25.5. The molecule has 0 radical (unpaired) electrons. The number of amides is 2. The number of nitrogens with one attached hydrogen (secondary N) is 2. The first kappa shape index (κ1) is 24.9. The van der Waals surface area contributed by atoms with Crippen molar-refractivity contribution < 1.29 is 27.5 Å². The molecule has 2 N–H and O–H groups in total. The van der Waals surface area contributed by atoms with E-state index in [0.717, 1.165) is 31.0 Å². The second-order valence-corrected chi connectivity index (χ2v) is 7.99. The maximum Gasteiger partial charge on any atom is 0.416 e. The summed E-state index contributed by atoms with van der Waals surface area (Å²) in [5.41, 5.74) is 0.522. The second kappa shape index (κ2) is 11.0. The van der Waals surface area contributed by atoms with Crippen LogP contribution in [-0.4, -0.2) is 43.1 Å². The highest BCUT2D eigenvalue weighted by Gasteiger charge is 2.30. The van der Waals surface area contributed by atoms with Gasteiger partial charge in [-0.05, 0) is 54.1 Å². The normalized spacial score (nSPS) is 14.0. The summed E-state index contributed by atoms with van der Waals surface area (Å²) in [6.07, 6.45) is -0.0756. The lowest BCUT2D eigenvalue weighted by molar-refractivity contribution is -0.137. The topological polar surface area (TPSA) is 83.6 Å². The van der Waals surface area contributed by atoms with Gasteiger partial charge in [0.25, 0.3) is 5.91 Å². The lowest BCUT2D eigenvalue weighted by Crippen LogP contribution is -2.36. The van der Waals surface area contributed by atoms with Gasteiger partial charge in [0.2, 0.25) is 5.91 Å². The van der Waals surface area contributed by atoms with Crippen LogP contribution in [-0.2, 0) is 15.7 Å². The van der Waals surface area contributed by atoms with Crippen molar-refractivity contribution in [2.45, 2.75) is 6.18 Å². The van der Waals surface area contributed by atoms with E-state index in [1.54, 1.807) is 24.4 Å². The molecular weight excluding hydrogens is 473 g/mol. The van der Waals surface area contributed by atoms with Crippen molar-refractivity contribution in [1.82, 2.24) is 4.98 Å². The van der Waals surface area contributed by atoms with Gasteiger partial charge in [-0.1, -0.05) is 18.2 Å². The number of halogens is 3. The van der Waals surface area contributed by atoms with E-state index in [0.29, 0.717) is 24.5 Å². The summed E-state index contributed by atoms with van der Waals surface area (Å²) in [5, 5.41) is 5.19. The van der Waals surface area contributed by atoms with Crippen molar-refractivity contribution >= 4 is 35.1 Å². The van der Waals surface area contributed by atoms with E-state index in [-0.39, 0.29) is 17.2 Å². The van der Waals surface area contributed by atoms with Gasteiger partial charge in [-0.25, -0.2) is 4.98 Å². The Labute approximate surface area is 205 Å². The number of morpholine rings is 1. The number of hydrogen-bond acceptors (Lipinski definition) is 5. The Morgan fingerprint density at radius 1 is 0.944 bits per heavy atom. The summed E-state index contributed by atoms with van der Waals surface area (Å²) in [5.74, 6) is -0.137. The minimum atomic E-state index is -4.51. The fraction of sp³-hybridized carbons (Fsp3) is 0.192. The van der Waals surface area contributed by atoms with Crippen molar-refractivity contribution in [3.63, 3.8) is 0 Å². The molecule has 2 amide bonds. The van der Waals surface area contributed by atoms with Crippen LogP contribution in [0, 0.1) is 0 Å². The van der Waals surface area contributed by atoms with Gasteiger partial charge in [-0.15, -0.1) is 0 Å². The SMILES string of the molecule is O=C(/C=C/c1cccc(C(=O)Nc2cccc(C(F)(F)F)c2)c1)Nc1ccc(N2CCOCC2)nc1. The van der Waals surface area contributed by atoms with Crippen molar-refractivity contribution in [2.75, 3.05) is 41.8 Å². The molecule has 0 bridgehead atoms. The molecule has 2 aromatic carbocycles. The van der Waals surface area contributed by atoms with Gasteiger partial charge < -0.3 is 20.3 Å². The first-order valence-electron chi connectivity index (χ1n) is 11.1. The standard InChI is InChI=1S/C26H23F3N4O3/c27-26(28,29)20-5-2-6-21(16-20)32-25(35)19-4-1-3-18(15-19)7-10-24(34)31-22-8-9-23(30-17-22)33-11-13-36-14-12-33/h1-10,15-17H,11-14H2,(H,31,34)(H,32,35)/b10-7+. The van der Waals surface area contributed by atoms with Crippen molar-refractivity contribution in [3.05, 3.63) is 89.6 Å². The Bertz CT molecular complexity index is 1250. The fourth-order valence-electron chi connectivity index (χ4n) is 3.56. The smallest absolute Gasteiger partial charge is 0.378 e. The van der Waals surface area contributed by atoms with Crippen molar-refractivity contribution in [3.8, 4) is 0 Å². The van der Waals surface area contributed by atoms with Gasteiger partial charge in [-0.3, -0.25) is 9.59 Å². The Kier molecular flexibility index (Phi) is 7.65. The molecule has 10 heteroatoms. The summed E-state index contributed by atoms with van der Waals surface area (Å²) < 4.78 is 44.0. The van der Waals surface area contributed by atoms with Crippen LogP contribution in [0.1, 0.15) is 21.5 Å². The Hall–Kier alpha value is -4.18. The lowest BCUT2D eigenvalue weighted by Gasteiger charge is -2.27. The number of carbonyl (C=O) groups is 2. The largest absolute Gasteiger partial charge is 0.416 e. The van der Waals surface area contributed by atoms with Crippen LogP contribution in [0.15, 0.2) is 72.9 Å². The molecule has 1 aromatic heterocycles. The number of anilines is 3. The molecule has 36 heavy (non-hydrogen) atoms. The first-order chi connectivity index (χ1) is 17.3.